The van der Waals surface area contributed by atoms with Crippen LogP contribution >= 0.6 is 0 Å². The highest BCUT2D eigenvalue weighted by Gasteiger charge is 2.15. The molecule has 154 valence electrons. The number of aliphatic hydroxyl groups excluding tert-OH is 2. The number of benzene rings is 1. The summed E-state index contributed by atoms with van der Waals surface area (Å²) in [5, 5.41) is 18.6. The zero-order valence-electron chi connectivity index (χ0n) is 16.0. The third kappa shape index (κ3) is 6.43. The second-order valence-corrected chi connectivity index (χ2v) is 6.27. The van der Waals surface area contributed by atoms with E-state index in [4.69, 9.17) is 14.6 Å². The summed E-state index contributed by atoms with van der Waals surface area (Å²) in [6, 6.07) is 6.84. The van der Waals surface area contributed by atoms with Gasteiger partial charge in [0.1, 0.15) is 18.4 Å². The topological polar surface area (TPSA) is 131 Å². The molecule has 2 atom stereocenters. The van der Waals surface area contributed by atoms with Gasteiger partial charge in [0.15, 0.2) is 6.61 Å². The summed E-state index contributed by atoms with van der Waals surface area (Å²) in [5.41, 5.74) is -0.0559. The number of ether oxygens (including phenoxy) is 2. The zero-order chi connectivity index (χ0) is 21.4. The molecule has 0 amide bonds. The maximum atomic E-state index is 11.9. The van der Waals surface area contributed by atoms with Gasteiger partial charge in [-0.1, -0.05) is 29.5 Å². The summed E-state index contributed by atoms with van der Waals surface area (Å²) in [7, 11) is 0. The summed E-state index contributed by atoms with van der Waals surface area (Å²) in [5.74, 6) is 4.54. The Hall–Kier alpha value is -3.19. The molecule has 0 spiro atoms. The normalized spacial score (nSPS) is 12.6. The van der Waals surface area contributed by atoms with Crippen LogP contribution in [0.4, 0.5) is 0 Å². The number of aliphatic hydroxyl groups is 2. The van der Waals surface area contributed by atoms with Crippen LogP contribution in [0.15, 0.2) is 40.1 Å². The lowest BCUT2D eigenvalue weighted by Crippen LogP contribution is -2.35. The van der Waals surface area contributed by atoms with Crippen molar-refractivity contribution in [3.63, 3.8) is 0 Å². The molecule has 2 unspecified atom stereocenters. The lowest BCUT2D eigenvalue weighted by Gasteiger charge is -2.18. The van der Waals surface area contributed by atoms with Crippen LogP contribution in [0.3, 0.4) is 0 Å². The predicted molar refractivity (Wildman–Crippen MR) is 103 cm³/mol. The number of aromatic nitrogens is 2. The summed E-state index contributed by atoms with van der Waals surface area (Å²) in [6.45, 7) is 2.36. The van der Waals surface area contributed by atoms with Crippen LogP contribution in [0.25, 0.3) is 0 Å². The van der Waals surface area contributed by atoms with Crippen molar-refractivity contribution in [1.29, 1.82) is 0 Å². The number of carbonyl (C=O) groups is 1. The van der Waals surface area contributed by atoms with Crippen molar-refractivity contribution in [3.05, 3.63) is 68.0 Å². The molecule has 0 aliphatic carbocycles. The molecule has 0 aliphatic heterocycles. The van der Waals surface area contributed by atoms with Crippen molar-refractivity contribution >= 4 is 5.97 Å². The second kappa shape index (κ2) is 10.4. The number of nitrogens with zero attached hydrogens (tertiary/aromatic N) is 1. The Morgan fingerprint density at radius 3 is 2.59 bits per heavy atom. The van der Waals surface area contributed by atoms with E-state index in [0.717, 1.165) is 10.1 Å². The Bertz CT molecular complexity index is 1010. The highest BCUT2D eigenvalue weighted by Crippen LogP contribution is 2.04. The lowest BCUT2D eigenvalue weighted by atomic mass is 10.1. The van der Waals surface area contributed by atoms with Crippen LogP contribution in [0.2, 0.25) is 0 Å². The Morgan fingerprint density at radius 1 is 1.28 bits per heavy atom. The van der Waals surface area contributed by atoms with Crippen molar-refractivity contribution in [2.75, 3.05) is 13.2 Å². The third-order valence-corrected chi connectivity index (χ3v) is 3.94. The molecule has 1 heterocycles. The Kier molecular flexibility index (Phi) is 7.91. The highest BCUT2D eigenvalue weighted by molar-refractivity contribution is 5.89. The number of carbonyl (C=O) groups excluding carboxylic acids is 1. The van der Waals surface area contributed by atoms with Crippen LogP contribution in [-0.4, -0.2) is 51.2 Å². The van der Waals surface area contributed by atoms with Crippen LogP contribution in [-0.2, 0) is 16.2 Å². The Labute approximate surface area is 166 Å². The average molecular weight is 402 g/mol. The smallest absolute Gasteiger partial charge is 0.339 e. The van der Waals surface area contributed by atoms with Gasteiger partial charge < -0.3 is 19.7 Å². The number of nitrogens with one attached hydrogen (secondary N) is 1. The van der Waals surface area contributed by atoms with Crippen molar-refractivity contribution in [1.82, 2.24) is 9.55 Å². The number of hydrogen-bond donors (Lipinski definition) is 3. The molecule has 3 N–H and O–H groups in total. The largest absolute Gasteiger partial charge is 0.449 e. The molecule has 1 aromatic carbocycles. The fraction of sp³-hybridized carbons (Fsp3) is 0.350. The van der Waals surface area contributed by atoms with Gasteiger partial charge in [0, 0.05) is 6.20 Å². The van der Waals surface area contributed by atoms with E-state index in [0.29, 0.717) is 5.56 Å². The fourth-order valence-electron chi connectivity index (χ4n) is 2.22. The van der Waals surface area contributed by atoms with Crippen LogP contribution < -0.4 is 11.2 Å². The molecule has 0 aliphatic rings. The van der Waals surface area contributed by atoms with Gasteiger partial charge in [-0.05, 0) is 26.0 Å². The first-order valence-corrected chi connectivity index (χ1v) is 8.78. The summed E-state index contributed by atoms with van der Waals surface area (Å²) < 4.78 is 11.3. The molecule has 2 aromatic rings. The number of aromatic amines is 1. The molecule has 0 saturated carbocycles. The van der Waals surface area contributed by atoms with Gasteiger partial charge in [0.05, 0.1) is 18.3 Å². The molecule has 9 heteroatoms. The number of rotatable bonds is 7. The number of esters is 1. The Balaban J connectivity index is 2.03. The van der Waals surface area contributed by atoms with Crippen LogP contribution in [0, 0.1) is 18.8 Å². The minimum atomic E-state index is -0.944. The molecular weight excluding hydrogens is 380 g/mol. The van der Waals surface area contributed by atoms with E-state index < -0.39 is 36.0 Å². The summed E-state index contributed by atoms with van der Waals surface area (Å²) >= 11 is 0. The van der Waals surface area contributed by atoms with E-state index >= 15 is 0 Å². The van der Waals surface area contributed by atoms with E-state index in [2.05, 4.69) is 16.8 Å². The quantitative estimate of drug-likeness (QED) is 0.431. The molecule has 29 heavy (non-hydrogen) atoms. The SMILES string of the molecule is Cc1ccc(C(=O)OCC#Cc2cn(COC(CO)C(C)O)c(=O)[nH]c2=O)cc1. The second-order valence-electron chi connectivity index (χ2n) is 6.27. The maximum absolute atomic E-state index is 11.9. The number of aryl methyl sites for hydroxylation is 1. The molecule has 0 radical (unpaired) electrons. The minimum Gasteiger partial charge on any atom is -0.449 e. The summed E-state index contributed by atoms with van der Waals surface area (Å²) in [4.78, 5) is 37.7. The first-order valence-electron chi connectivity index (χ1n) is 8.78. The van der Waals surface area contributed by atoms with Crippen molar-refractivity contribution in [2.24, 2.45) is 0 Å². The van der Waals surface area contributed by atoms with Crippen LogP contribution in [0.5, 0.6) is 0 Å². The monoisotopic (exact) mass is 402 g/mol. The minimum absolute atomic E-state index is 0.0304. The predicted octanol–water partition coefficient (Wildman–Crippen LogP) is -0.231. The van der Waals surface area contributed by atoms with E-state index in [1.54, 1.807) is 24.3 Å². The van der Waals surface area contributed by atoms with Gasteiger partial charge in [-0.3, -0.25) is 14.3 Å². The highest BCUT2D eigenvalue weighted by atomic mass is 16.5. The Morgan fingerprint density at radius 2 is 1.97 bits per heavy atom. The molecule has 9 nitrogen and oxygen atoms in total. The van der Waals surface area contributed by atoms with Gasteiger partial charge in [-0.15, -0.1) is 0 Å². The zero-order valence-corrected chi connectivity index (χ0v) is 16.0. The van der Waals surface area contributed by atoms with Crippen molar-refractivity contribution < 1.29 is 24.5 Å². The maximum Gasteiger partial charge on any atom is 0.339 e. The summed E-state index contributed by atoms with van der Waals surface area (Å²) in [6.07, 6.45) is -0.641. The molecule has 2 rings (SSSR count). The molecule has 0 bridgehead atoms. The van der Waals surface area contributed by atoms with Gasteiger partial charge in [-0.2, -0.15) is 0 Å². The van der Waals surface area contributed by atoms with Gasteiger partial charge >= 0.3 is 11.7 Å². The average Bonchev–Trinajstić information content (AvgIpc) is 2.68. The van der Waals surface area contributed by atoms with Crippen molar-refractivity contribution in [2.45, 2.75) is 32.8 Å². The molecule has 0 fully saturated rings. The van der Waals surface area contributed by atoms with Gasteiger partial charge in [0.25, 0.3) is 5.56 Å². The first-order chi connectivity index (χ1) is 13.8. The van der Waals surface area contributed by atoms with E-state index in [1.165, 1.54) is 13.1 Å². The molecule has 1 aromatic heterocycles. The lowest BCUT2D eigenvalue weighted by molar-refractivity contribution is -0.0824. The van der Waals surface area contributed by atoms with Crippen LogP contribution in [0.1, 0.15) is 28.4 Å². The standard InChI is InChI=1S/C20H22N2O7/c1-13-5-7-15(8-6-13)19(26)28-9-3-4-16-10-22(20(27)21-18(16)25)12-29-17(11-23)14(2)24/h5-8,10,14,17,23-24H,9,11-12H2,1-2H3,(H,21,25,27). The first kappa shape index (κ1) is 22.1. The molecular formula is C20H22N2O7. The van der Waals surface area contributed by atoms with E-state index in [-0.39, 0.29) is 18.9 Å². The van der Waals surface area contributed by atoms with Gasteiger partial charge in [-0.25, -0.2) is 9.59 Å². The third-order valence-electron chi connectivity index (χ3n) is 3.94. The van der Waals surface area contributed by atoms with Crippen molar-refractivity contribution in [3.8, 4) is 11.8 Å². The van der Waals surface area contributed by atoms with E-state index in [9.17, 15) is 19.5 Å². The van der Waals surface area contributed by atoms with Gasteiger partial charge in [0.2, 0.25) is 0 Å². The fourth-order valence-corrected chi connectivity index (χ4v) is 2.22. The molecule has 0 saturated heterocycles. The number of H-pyrrole nitrogens is 1. The number of hydrogen-bond acceptors (Lipinski definition) is 7. The van der Waals surface area contributed by atoms with E-state index in [1.807, 2.05) is 6.92 Å².